The molecule has 1 aromatic rings. The Morgan fingerprint density at radius 3 is 2.40 bits per heavy atom. The Bertz CT molecular complexity index is 479. The van der Waals surface area contributed by atoms with E-state index in [4.69, 9.17) is 0 Å². The molecule has 0 aromatic heterocycles. The molecule has 1 saturated heterocycles. The number of benzene rings is 1. The van der Waals surface area contributed by atoms with Crippen LogP contribution in [0.3, 0.4) is 0 Å². The molecular formula is C16H23FN2O. The first-order chi connectivity index (χ1) is 9.45. The van der Waals surface area contributed by atoms with Gasteiger partial charge in [-0.05, 0) is 29.2 Å². The zero-order chi connectivity index (χ0) is 14.7. The Morgan fingerprint density at radius 1 is 1.20 bits per heavy atom. The monoisotopic (exact) mass is 278 g/mol. The second-order valence-electron chi connectivity index (χ2n) is 5.83. The van der Waals surface area contributed by atoms with Crippen LogP contribution >= 0.6 is 0 Å². The molecular weight excluding hydrogens is 255 g/mol. The summed E-state index contributed by atoms with van der Waals surface area (Å²) in [6.45, 7) is 9.75. The maximum Gasteiger partial charge on any atom is 0.219 e. The van der Waals surface area contributed by atoms with Gasteiger partial charge >= 0.3 is 0 Å². The van der Waals surface area contributed by atoms with E-state index in [1.807, 2.05) is 4.90 Å². The third-order valence-electron chi connectivity index (χ3n) is 3.87. The molecule has 1 amide bonds. The van der Waals surface area contributed by atoms with E-state index in [0.717, 1.165) is 43.9 Å². The highest BCUT2D eigenvalue weighted by molar-refractivity contribution is 5.73. The molecule has 0 atom stereocenters. The van der Waals surface area contributed by atoms with Gasteiger partial charge in [-0.15, -0.1) is 0 Å². The van der Waals surface area contributed by atoms with Gasteiger partial charge in [-0.2, -0.15) is 0 Å². The van der Waals surface area contributed by atoms with Crippen molar-refractivity contribution >= 4 is 5.91 Å². The van der Waals surface area contributed by atoms with Gasteiger partial charge in [0.15, 0.2) is 0 Å². The fourth-order valence-electron chi connectivity index (χ4n) is 2.58. The number of carbonyl (C=O) groups is 1. The fourth-order valence-corrected chi connectivity index (χ4v) is 2.58. The highest BCUT2D eigenvalue weighted by Crippen LogP contribution is 2.19. The number of piperazine rings is 1. The van der Waals surface area contributed by atoms with Gasteiger partial charge in [0.05, 0.1) is 0 Å². The Hall–Kier alpha value is -1.42. The van der Waals surface area contributed by atoms with Gasteiger partial charge in [-0.3, -0.25) is 9.69 Å². The van der Waals surface area contributed by atoms with Crippen molar-refractivity contribution in [1.82, 2.24) is 9.80 Å². The first-order valence-electron chi connectivity index (χ1n) is 7.23. The van der Waals surface area contributed by atoms with Crippen LogP contribution in [0.4, 0.5) is 4.39 Å². The summed E-state index contributed by atoms with van der Waals surface area (Å²) in [4.78, 5) is 15.4. The van der Waals surface area contributed by atoms with Gasteiger partial charge in [-0.1, -0.05) is 19.9 Å². The molecule has 0 N–H and O–H groups in total. The number of halogens is 1. The van der Waals surface area contributed by atoms with Crippen LogP contribution in [0.25, 0.3) is 0 Å². The third-order valence-corrected chi connectivity index (χ3v) is 3.87. The van der Waals surface area contributed by atoms with E-state index >= 15 is 0 Å². The molecule has 1 aromatic carbocycles. The molecule has 1 heterocycles. The molecule has 4 heteroatoms. The summed E-state index contributed by atoms with van der Waals surface area (Å²) in [7, 11) is 0. The second-order valence-corrected chi connectivity index (χ2v) is 5.83. The molecule has 0 saturated carbocycles. The van der Waals surface area contributed by atoms with Crippen molar-refractivity contribution in [3.05, 3.63) is 35.1 Å². The largest absolute Gasteiger partial charge is 0.340 e. The summed E-state index contributed by atoms with van der Waals surface area (Å²) in [6.07, 6.45) is 0. The lowest BCUT2D eigenvalue weighted by Gasteiger charge is -2.34. The van der Waals surface area contributed by atoms with Crippen LogP contribution in [0.1, 0.15) is 37.8 Å². The third kappa shape index (κ3) is 3.79. The molecule has 0 bridgehead atoms. The van der Waals surface area contributed by atoms with Crippen molar-refractivity contribution in [3.63, 3.8) is 0 Å². The van der Waals surface area contributed by atoms with Crippen molar-refractivity contribution in [3.8, 4) is 0 Å². The maximum absolute atomic E-state index is 13.6. The van der Waals surface area contributed by atoms with Crippen molar-refractivity contribution < 1.29 is 9.18 Å². The van der Waals surface area contributed by atoms with Gasteiger partial charge in [0, 0.05) is 39.6 Å². The summed E-state index contributed by atoms with van der Waals surface area (Å²) in [5, 5.41) is 0. The van der Waals surface area contributed by atoms with Gasteiger partial charge in [0.1, 0.15) is 5.82 Å². The maximum atomic E-state index is 13.6. The number of hydrogen-bond donors (Lipinski definition) is 0. The highest BCUT2D eigenvalue weighted by Gasteiger charge is 2.18. The summed E-state index contributed by atoms with van der Waals surface area (Å²) in [6, 6.07) is 5.32. The number of rotatable bonds is 3. The minimum Gasteiger partial charge on any atom is -0.340 e. The molecule has 1 aliphatic heterocycles. The van der Waals surface area contributed by atoms with Crippen LogP contribution in [0.2, 0.25) is 0 Å². The summed E-state index contributed by atoms with van der Waals surface area (Å²) in [5.41, 5.74) is 2.06. The average molecular weight is 278 g/mol. The lowest BCUT2D eigenvalue weighted by molar-refractivity contribution is -0.130. The molecule has 0 unspecified atom stereocenters. The molecule has 1 fully saturated rings. The van der Waals surface area contributed by atoms with E-state index in [2.05, 4.69) is 24.8 Å². The lowest BCUT2D eigenvalue weighted by atomic mass is 10.0. The number of amides is 1. The topological polar surface area (TPSA) is 23.6 Å². The van der Waals surface area contributed by atoms with Crippen molar-refractivity contribution in [2.75, 3.05) is 26.2 Å². The molecule has 0 spiro atoms. The van der Waals surface area contributed by atoms with Crippen LogP contribution < -0.4 is 0 Å². The molecule has 0 aliphatic carbocycles. The Kier molecular flexibility index (Phi) is 4.76. The van der Waals surface area contributed by atoms with Crippen molar-refractivity contribution in [2.24, 2.45) is 0 Å². The van der Waals surface area contributed by atoms with E-state index in [1.165, 1.54) is 0 Å². The summed E-state index contributed by atoms with van der Waals surface area (Å²) < 4.78 is 13.6. The number of carbonyl (C=O) groups excluding carboxylic acids is 1. The van der Waals surface area contributed by atoms with Crippen molar-refractivity contribution in [2.45, 2.75) is 33.2 Å². The summed E-state index contributed by atoms with van der Waals surface area (Å²) >= 11 is 0. The Balaban J connectivity index is 1.99. The number of nitrogens with zero attached hydrogens (tertiary/aromatic N) is 2. The molecule has 20 heavy (non-hydrogen) atoms. The fraction of sp³-hybridized carbons (Fsp3) is 0.562. The van der Waals surface area contributed by atoms with Crippen LogP contribution in [-0.2, 0) is 11.3 Å². The first-order valence-corrected chi connectivity index (χ1v) is 7.23. The predicted molar refractivity (Wildman–Crippen MR) is 78.0 cm³/mol. The standard InChI is InChI=1S/C16H23FN2O/c1-12(2)15-8-14(9-16(17)10-15)11-18-4-6-19(7-5-18)13(3)20/h8-10,12H,4-7,11H2,1-3H3. The van der Waals surface area contributed by atoms with Crippen LogP contribution in [-0.4, -0.2) is 41.9 Å². The Morgan fingerprint density at radius 2 is 1.85 bits per heavy atom. The molecule has 1 aliphatic rings. The van der Waals surface area contributed by atoms with E-state index in [0.29, 0.717) is 5.92 Å². The van der Waals surface area contributed by atoms with E-state index in [-0.39, 0.29) is 11.7 Å². The lowest BCUT2D eigenvalue weighted by Crippen LogP contribution is -2.47. The average Bonchev–Trinajstić information content (AvgIpc) is 2.38. The SMILES string of the molecule is CC(=O)N1CCN(Cc2cc(F)cc(C(C)C)c2)CC1. The second kappa shape index (κ2) is 6.35. The van der Waals surface area contributed by atoms with E-state index < -0.39 is 0 Å². The zero-order valence-corrected chi connectivity index (χ0v) is 12.5. The van der Waals surface area contributed by atoms with Crippen LogP contribution in [0, 0.1) is 5.82 Å². The van der Waals surface area contributed by atoms with E-state index in [9.17, 15) is 9.18 Å². The first kappa shape index (κ1) is 15.0. The smallest absolute Gasteiger partial charge is 0.219 e. The van der Waals surface area contributed by atoms with Gasteiger partial charge in [0.25, 0.3) is 0 Å². The normalized spacial score (nSPS) is 16.8. The minimum atomic E-state index is -0.159. The predicted octanol–water partition coefficient (Wildman–Crippen LogP) is 2.61. The van der Waals surface area contributed by atoms with E-state index in [1.54, 1.807) is 19.1 Å². The van der Waals surface area contributed by atoms with Gasteiger partial charge in [0.2, 0.25) is 5.91 Å². The minimum absolute atomic E-state index is 0.137. The molecule has 3 nitrogen and oxygen atoms in total. The van der Waals surface area contributed by atoms with Gasteiger partial charge in [-0.25, -0.2) is 4.39 Å². The Labute approximate surface area is 120 Å². The van der Waals surface area contributed by atoms with Crippen LogP contribution in [0.5, 0.6) is 0 Å². The highest BCUT2D eigenvalue weighted by atomic mass is 19.1. The summed E-state index contributed by atoms with van der Waals surface area (Å²) in [5.74, 6) is 0.310. The zero-order valence-electron chi connectivity index (χ0n) is 12.5. The van der Waals surface area contributed by atoms with Crippen molar-refractivity contribution in [1.29, 1.82) is 0 Å². The molecule has 2 rings (SSSR count). The van der Waals surface area contributed by atoms with Gasteiger partial charge < -0.3 is 4.90 Å². The molecule has 0 radical (unpaired) electrons. The molecule has 110 valence electrons. The van der Waals surface area contributed by atoms with Crippen LogP contribution in [0.15, 0.2) is 18.2 Å². The number of hydrogen-bond acceptors (Lipinski definition) is 2. The quantitative estimate of drug-likeness (QED) is 0.848.